The first kappa shape index (κ1) is 13.0. The molecular weight excluding hydrogens is 224 g/mol. The summed E-state index contributed by atoms with van der Waals surface area (Å²) < 4.78 is 6.08. The fourth-order valence-electron chi connectivity index (χ4n) is 1.44. The lowest BCUT2D eigenvalue weighted by molar-refractivity contribution is -0.121. The first-order valence-electron chi connectivity index (χ1n) is 5.32. The highest BCUT2D eigenvalue weighted by atomic mass is 16.5. The fourth-order valence-corrected chi connectivity index (χ4v) is 1.44. The number of primary amides is 1. The normalized spacial score (nSPS) is 12.1. The summed E-state index contributed by atoms with van der Waals surface area (Å²) in [6, 6.07) is -0.611. The summed E-state index contributed by atoms with van der Waals surface area (Å²) in [5, 5.41) is 3.94. The standard InChI is InChI=1S/C10H16N4O3/c1-3-7(9(12)15)14-5-6(11)8(13-14)10(16)17-4-2/h5,7H,3-4,11H2,1-2H3,(H2,12,15). The van der Waals surface area contributed by atoms with Crippen LogP contribution < -0.4 is 11.5 Å². The van der Waals surface area contributed by atoms with E-state index in [1.54, 1.807) is 13.8 Å². The van der Waals surface area contributed by atoms with E-state index in [-0.39, 0.29) is 18.0 Å². The lowest BCUT2D eigenvalue weighted by Crippen LogP contribution is -2.26. The van der Waals surface area contributed by atoms with Crippen LogP contribution in [0.2, 0.25) is 0 Å². The van der Waals surface area contributed by atoms with Gasteiger partial charge in [0.05, 0.1) is 12.3 Å². The van der Waals surface area contributed by atoms with Crippen molar-refractivity contribution in [1.29, 1.82) is 0 Å². The molecule has 1 unspecified atom stereocenters. The molecule has 0 spiro atoms. The lowest BCUT2D eigenvalue weighted by atomic mass is 10.2. The van der Waals surface area contributed by atoms with Crippen molar-refractivity contribution in [2.24, 2.45) is 5.73 Å². The minimum atomic E-state index is -0.611. The van der Waals surface area contributed by atoms with Crippen LogP contribution in [0, 0.1) is 0 Å². The molecule has 0 aliphatic rings. The number of amides is 1. The molecule has 0 radical (unpaired) electrons. The van der Waals surface area contributed by atoms with Gasteiger partial charge in [0.1, 0.15) is 6.04 Å². The first-order chi connectivity index (χ1) is 8.01. The number of hydrogen-bond acceptors (Lipinski definition) is 5. The Morgan fingerprint density at radius 2 is 2.18 bits per heavy atom. The number of carbonyl (C=O) groups is 2. The molecule has 17 heavy (non-hydrogen) atoms. The lowest BCUT2D eigenvalue weighted by Gasteiger charge is -2.10. The molecule has 0 bridgehead atoms. The van der Waals surface area contributed by atoms with E-state index < -0.39 is 17.9 Å². The maximum absolute atomic E-state index is 11.5. The number of hydrogen-bond donors (Lipinski definition) is 2. The van der Waals surface area contributed by atoms with Gasteiger partial charge in [-0.2, -0.15) is 5.10 Å². The molecule has 7 heteroatoms. The van der Waals surface area contributed by atoms with Crippen LogP contribution in [0.15, 0.2) is 6.20 Å². The van der Waals surface area contributed by atoms with Gasteiger partial charge in [-0.05, 0) is 13.3 Å². The Kier molecular flexibility index (Phi) is 4.08. The second-order valence-corrected chi connectivity index (χ2v) is 3.46. The summed E-state index contributed by atoms with van der Waals surface area (Å²) in [6.45, 7) is 3.71. The number of aromatic nitrogens is 2. The Morgan fingerprint density at radius 3 is 2.65 bits per heavy atom. The molecule has 1 amide bonds. The van der Waals surface area contributed by atoms with Crippen LogP contribution >= 0.6 is 0 Å². The van der Waals surface area contributed by atoms with E-state index in [4.69, 9.17) is 16.2 Å². The number of carbonyl (C=O) groups excluding carboxylic acids is 2. The van der Waals surface area contributed by atoms with Gasteiger partial charge in [0, 0.05) is 6.20 Å². The highest BCUT2D eigenvalue weighted by Gasteiger charge is 2.21. The molecule has 0 saturated heterocycles. The highest BCUT2D eigenvalue weighted by Crippen LogP contribution is 2.16. The number of nitrogen functional groups attached to an aromatic ring is 1. The summed E-state index contributed by atoms with van der Waals surface area (Å²) in [5.74, 6) is -1.13. The van der Waals surface area contributed by atoms with Gasteiger partial charge in [0.2, 0.25) is 5.91 Å². The van der Waals surface area contributed by atoms with E-state index in [2.05, 4.69) is 5.10 Å². The van der Waals surface area contributed by atoms with Crippen LogP contribution in [0.5, 0.6) is 0 Å². The van der Waals surface area contributed by atoms with Gasteiger partial charge in [-0.1, -0.05) is 6.92 Å². The third-order valence-electron chi connectivity index (χ3n) is 2.26. The Bertz CT molecular complexity index is 427. The van der Waals surface area contributed by atoms with Gasteiger partial charge in [-0.3, -0.25) is 9.48 Å². The van der Waals surface area contributed by atoms with Crippen molar-refractivity contribution < 1.29 is 14.3 Å². The average Bonchev–Trinajstić information content (AvgIpc) is 2.61. The smallest absolute Gasteiger partial charge is 0.361 e. The van der Waals surface area contributed by atoms with Crippen molar-refractivity contribution in [3.8, 4) is 0 Å². The monoisotopic (exact) mass is 240 g/mol. The molecule has 0 aliphatic heterocycles. The molecule has 1 atom stereocenters. The van der Waals surface area contributed by atoms with Crippen LogP contribution in [0.4, 0.5) is 5.69 Å². The Hall–Kier alpha value is -2.05. The first-order valence-corrected chi connectivity index (χ1v) is 5.32. The molecule has 0 fully saturated rings. The second kappa shape index (κ2) is 5.33. The Labute approximate surface area is 98.7 Å². The quantitative estimate of drug-likeness (QED) is 0.707. The van der Waals surface area contributed by atoms with Crippen LogP contribution in [0.25, 0.3) is 0 Å². The SMILES string of the molecule is CCOC(=O)c1nn(C(CC)C(N)=O)cc1N. The molecule has 1 aromatic rings. The van der Waals surface area contributed by atoms with Gasteiger partial charge in [0.25, 0.3) is 0 Å². The zero-order valence-electron chi connectivity index (χ0n) is 9.84. The number of ether oxygens (including phenoxy) is 1. The summed E-state index contributed by atoms with van der Waals surface area (Å²) in [6.07, 6.45) is 1.88. The molecule has 4 N–H and O–H groups in total. The van der Waals surface area contributed by atoms with E-state index >= 15 is 0 Å². The minimum Gasteiger partial charge on any atom is -0.461 e. The van der Waals surface area contributed by atoms with Crippen molar-refractivity contribution in [2.75, 3.05) is 12.3 Å². The molecule has 7 nitrogen and oxygen atoms in total. The van der Waals surface area contributed by atoms with E-state index in [9.17, 15) is 9.59 Å². The van der Waals surface area contributed by atoms with Crippen molar-refractivity contribution in [1.82, 2.24) is 9.78 Å². The van der Waals surface area contributed by atoms with E-state index in [1.807, 2.05) is 0 Å². The van der Waals surface area contributed by atoms with Crippen LogP contribution in [-0.2, 0) is 9.53 Å². The maximum Gasteiger partial charge on any atom is 0.361 e. The van der Waals surface area contributed by atoms with Crippen molar-refractivity contribution in [3.63, 3.8) is 0 Å². The maximum atomic E-state index is 11.5. The topological polar surface area (TPSA) is 113 Å². The van der Waals surface area contributed by atoms with E-state index in [0.717, 1.165) is 0 Å². The Balaban J connectivity index is 3.02. The second-order valence-electron chi connectivity index (χ2n) is 3.46. The molecule has 0 aromatic carbocycles. The molecule has 1 aromatic heterocycles. The number of anilines is 1. The third-order valence-corrected chi connectivity index (χ3v) is 2.26. The summed E-state index contributed by atoms with van der Waals surface area (Å²) >= 11 is 0. The average molecular weight is 240 g/mol. The van der Waals surface area contributed by atoms with Gasteiger partial charge in [-0.15, -0.1) is 0 Å². The molecule has 0 aliphatic carbocycles. The predicted molar refractivity (Wildman–Crippen MR) is 61.1 cm³/mol. The summed E-state index contributed by atoms with van der Waals surface area (Å²) in [5.41, 5.74) is 11.0. The summed E-state index contributed by atoms with van der Waals surface area (Å²) in [4.78, 5) is 22.6. The zero-order valence-corrected chi connectivity index (χ0v) is 9.84. The van der Waals surface area contributed by atoms with Crippen LogP contribution in [0.1, 0.15) is 36.8 Å². The Morgan fingerprint density at radius 1 is 1.53 bits per heavy atom. The van der Waals surface area contributed by atoms with E-state index in [1.165, 1.54) is 10.9 Å². The largest absolute Gasteiger partial charge is 0.461 e. The molecular formula is C10H16N4O3. The molecule has 1 heterocycles. The number of nitrogens with two attached hydrogens (primary N) is 2. The van der Waals surface area contributed by atoms with Gasteiger partial charge < -0.3 is 16.2 Å². The van der Waals surface area contributed by atoms with E-state index in [0.29, 0.717) is 6.42 Å². The van der Waals surface area contributed by atoms with Crippen molar-refractivity contribution in [3.05, 3.63) is 11.9 Å². The molecule has 1 rings (SSSR count). The number of nitrogens with zero attached hydrogens (tertiary/aromatic N) is 2. The van der Waals surface area contributed by atoms with Crippen LogP contribution in [-0.4, -0.2) is 28.3 Å². The van der Waals surface area contributed by atoms with Crippen molar-refractivity contribution >= 4 is 17.6 Å². The van der Waals surface area contributed by atoms with Crippen LogP contribution in [0.3, 0.4) is 0 Å². The number of rotatable bonds is 5. The predicted octanol–water partition coefficient (Wildman–Crippen LogP) is 0.0784. The minimum absolute atomic E-state index is 0.00606. The summed E-state index contributed by atoms with van der Waals surface area (Å²) in [7, 11) is 0. The molecule has 94 valence electrons. The fraction of sp³-hybridized carbons (Fsp3) is 0.500. The van der Waals surface area contributed by atoms with Crippen molar-refractivity contribution in [2.45, 2.75) is 26.3 Å². The highest BCUT2D eigenvalue weighted by molar-refractivity contribution is 5.92. The third kappa shape index (κ3) is 2.74. The van der Waals surface area contributed by atoms with Gasteiger partial charge in [-0.25, -0.2) is 4.79 Å². The van der Waals surface area contributed by atoms with Gasteiger partial charge >= 0.3 is 5.97 Å². The molecule has 0 saturated carbocycles. The number of esters is 1. The van der Waals surface area contributed by atoms with Gasteiger partial charge in [0.15, 0.2) is 5.69 Å². The zero-order chi connectivity index (χ0) is 13.0.